The molecule has 4 heterocycles. The van der Waals surface area contributed by atoms with Crippen LogP contribution in [0.1, 0.15) is 18.4 Å². The Kier molecular flexibility index (Phi) is 3.53. The number of hydrogen-bond acceptors (Lipinski definition) is 5. The van der Waals surface area contributed by atoms with E-state index in [1.807, 2.05) is 17.3 Å². The highest BCUT2D eigenvalue weighted by molar-refractivity contribution is 5.96. The van der Waals surface area contributed by atoms with Crippen molar-refractivity contribution >= 4 is 11.6 Å². The van der Waals surface area contributed by atoms with Crippen LogP contribution in [0.3, 0.4) is 0 Å². The monoisotopic (exact) mass is 309 g/mol. The smallest absolute Gasteiger partial charge is 0.227 e. The molecule has 1 atom stereocenters. The van der Waals surface area contributed by atoms with Crippen molar-refractivity contribution in [2.75, 3.05) is 24.5 Å². The molecule has 2 aliphatic rings. The van der Waals surface area contributed by atoms with Crippen molar-refractivity contribution in [1.82, 2.24) is 19.9 Å². The van der Waals surface area contributed by atoms with Gasteiger partial charge in [-0.2, -0.15) is 0 Å². The minimum absolute atomic E-state index is 0.0694. The van der Waals surface area contributed by atoms with E-state index in [2.05, 4.69) is 32.0 Å². The summed E-state index contributed by atoms with van der Waals surface area (Å²) in [5, 5.41) is 0. The van der Waals surface area contributed by atoms with Gasteiger partial charge in [-0.1, -0.05) is 0 Å². The van der Waals surface area contributed by atoms with E-state index in [1.54, 1.807) is 12.4 Å². The molecule has 0 N–H and O–H groups in total. The van der Waals surface area contributed by atoms with Crippen LogP contribution in [0.25, 0.3) is 0 Å². The van der Waals surface area contributed by atoms with Gasteiger partial charge in [0.05, 0.1) is 18.1 Å². The van der Waals surface area contributed by atoms with Gasteiger partial charge < -0.3 is 4.90 Å². The molecule has 0 radical (unpaired) electrons. The molecule has 0 bridgehead atoms. The largest absolute Gasteiger partial charge is 0.309 e. The van der Waals surface area contributed by atoms with E-state index in [9.17, 15) is 4.79 Å². The number of amides is 1. The summed E-state index contributed by atoms with van der Waals surface area (Å²) >= 11 is 0. The first-order valence-electron chi connectivity index (χ1n) is 7.91. The predicted octanol–water partition coefficient (Wildman–Crippen LogP) is 1.50. The minimum atomic E-state index is 0.0694. The molecule has 1 spiro atoms. The van der Waals surface area contributed by atoms with Crippen molar-refractivity contribution < 1.29 is 4.79 Å². The molecule has 6 heteroatoms. The second-order valence-corrected chi connectivity index (χ2v) is 6.57. The van der Waals surface area contributed by atoms with Crippen LogP contribution in [-0.2, 0) is 11.3 Å². The van der Waals surface area contributed by atoms with Crippen LogP contribution in [0.4, 0.5) is 5.69 Å². The molecule has 2 aliphatic heterocycles. The molecule has 118 valence electrons. The molecule has 2 aromatic rings. The van der Waals surface area contributed by atoms with Gasteiger partial charge in [0.1, 0.15) is 6.33 Å². The van der Waals surface area contributed by atoms with Crippen LogP contribution in [0.2, 0.25) is 0 Å². The Labute approximate surface area is 135 Å². The van der Waals surface area contributed by atoms with E-state index in [0.717, 1.165) is 38.3 Å². The van der Waals surface area contributed by atoms with Crippen molar-refractivity contribution in [2.45, 2.75) is 19.4 Å². The highest BCUT2D eigenvalue weighted by atomic mass is 16.2. The van der Waals surface area contributed by atoms with E-state index < -0.39 is 0 Å². The van der Waals surface area contributed by atoms with E-state index in [-0.39, 0.29) is 11.3 Å². The third-order valence-corrected chi connectivity index (χ3v) is 4.85. The van der Waals surface area contributed by atoms with Crippen LogP contribution >= 0.6 is 0 Å². The summed E-state index contributed by atoms with van der Waals surface area (Å²) in [6, 6.07) is 4.11. The standard InChI is InChI=1S/C17H19N5O/c23-16-7-17(12-22(16)15-8-19-13-20-9-15)3-6-21(11-17)10-14-1-4-18-5-2-14/h1-2,4-5,8-9,13H,3,6-7,10-12H2/t17-/m0/s1. The average Bonchev–Trinajstić information content (AvgIpc) is 3.12. The van der Waals surface area contributed by atoms with Gasteiger partial charge in [0.15, 0.2) is 0 Å². The van der Waals surface area contributed by atoms with Gasteiger partial charge in [-0.3, -0.25) is 14.7 Å². The molecule has 0 unspecified atom stereocenters. The molecule has 2 saturated heterocycles. The lowest BCUT2D eigenvalue weighted by Crippen LogP contribution is -2.31. The molecule has 2 fully saturated rings. The molecule has 2 aromatic heterocycles. The first-order valence-corrected chi connectivity index (χ1v) is 7.91. The summed E-state index contributed by atoms with van der Waals surface area (Å²) in [6.07, 6.45) is 10.3. The molecule has 6 nitrogen and oxygen atoms in total. The van der Waals surface area contributed by atoms with Crippen LogP contribution in [0.15, 0.2) is 43.2 Å². The van der Waals surface area contributed by atoms with Gasteiger partial charge in [0.25, 0.3) is 0 Å². The molecule has 1 amide bonds. The fourth-order valence-corrected chi connectivity index (χ4v) is 3.74. The molecule has 23 heavy (non-hydrogen) atoms. The van der Waals surface area contributed by atoms with E-state index in [1.165, 1.54) is 11.9 Å². The molecule has 0 aliphatic carbocycles. The minimum Gasteiger partial charge on any atom is -0.309 e. The molecule has 0 saturated carbocycles. The Bertz CT molecular complexity index is 693. The second kappa shape index (κ2) is 5.70. The van der Waals surface area contributed by atoms with Crippen LogP contribution in [-0.4, -0.2) is 45.4 Å². The van der Waals surface area contributed by atoms with E-state index >= 15 is 0 Å². The molecular weight excluding hydrogens is 290 g/mol. The van der Waals surface area contributed by atoms with Crippen LogP contribution in [0.5, 0.6) is 0 Å². The summed E-state index contributed by atoms with van der Waals surface area (Å²) in [5.41, 5.74) is 2.15. The zero-order chi connectivity index (χ0) is 15.7. The lowest BCUT2D eigenvalue weighted by atomic mass is 9.86. The number of carbonyl (C=O) groups excluding carboxylic acids is 1. The van der Waals surface area contributed by atoms with Crippen molar-refractivity contribution in [3.63, 3.8) is 0 Å². The number of carbonyl (C=O) groups is 1. The summed E-state index contributed by atoms with van der Waals surface area (Å²) in [6.45, 7) is 3.69. The maximum atomic E-state index is 12.4. The van der Waals surface area contributed by atoms with Gasteiger partial charge >= 0.3 is 0 Å². The third kappa shape index (κ3) is 2.82. The van der Waals surface area contributed by atoms with E-state index in [4.69, 9.17) is 0 Å². The van der Waals surface area contributed by atoms with Crippen molar-refractivity contribution in [2.24, 2.45) is 5.41 Å². The maximum Gasteiger partial charge on any atom is 0.227 e. The number of anilines is 1. The normalized spacial score (nSPS) is 24.7. The van der Waals surface area contributed by atoms with Gasteiger partial charge in [-0.05, 0) is 30.7 Å². The van der Waals surface area contributed by atoms with Crippen molar-refractivity contribution in [3.8, 4) is 0 Å². The van der Waals surface area contributed by atoms with Crippen LogP contribution < -0.4 is 4.90 Å². The molecule has 4 rings (SSSR count). The summed E-state index contributed by atoms with van der Waals surface area (Å²) < 4.78 is 0. The fourth-order valence-electron chi connectivity index (χ4n) is 3.74. The average molecular weight is 309 g/mol. The first kappa shape index (κ1) is 14.3. The number of aromatic nitrogens is 3. The predicted molar refractivity (Wildman–Crippen MR) is 85.6 cm³/mol. The number of hydrogen-bond donors (Lipinski definition) is 0. The summed E-state index contributed by atoms with van der Waals surface area (Å²) in [7, 11) is 0. The van der Waals surface area contributed by atoms with Gasteiger partial charge in [-0.15, -0.1) is 0 Å². The van der Waals surface area contributed by atoms with Crippen molar-refractivity contribution in [3.05, 3.63) is 48.8 Å². The summed E-state index contributed by atoms with van der Waals surface area (Å²) in [4.78, 5) is 28.8. The van der Waals surface area contributed by atoms with E-state index in [0.29, 0.717) is 6.42 Å². The zero-order valence-corrected chi connectivity index (χ0v) is 12.9. The quantitative estimate of drug-likeness (QED) is 0.860. The highest BCUT2D eigenvalue weighted by Gasteiger charge is 2.47. The summed E-state index contributed by atoms with van der Waals surface area (Å²) in [5.74, 6) is 0.186. The Morgan fingerprint density at radius 1 is 1.09 bits per heavy atom. The number of nitrogens with zero attached hydrogens (tertiary/aromatic N) is 5. The Balaban J connectivity index is 1.45. The van der Waals surface area contributed by atoms with Crippen LogP contribution in [0, 0.1) is 5.41 Å². The lowest BCUT2D eigenvalue weighted by Gasteiger charge is -2.24. The Hall–Kier alpha value is -2.34. The van der Waals surface area contributed by atoms with Gasteiger partial charge in [-0.25, -0.2) is 9.97 Å². The number of pyridine rings is 1. The van der Waals surface area contributed by atoms with Crippen molar-refractivity contribution in [1.29, 1.82) is 0 Å². The number of likely N-dealkylation sites (tertiary alicyclic amines) is 1. The highest BCUT2D eigenvalue weighted by Crippen LogP contribution is 2.41. The Morgan fingerprint density at radius 3 is 2.65 bits per heavy atom. The topological polar surface area (TPSA) is 62.2 Å². The fraction of sp³-hybridized carbons (Fsp3) is 0.412. The SMILES string of the molecule is O=C1C[C@]2(CCN(Cc3ccncc3)C2)CN1c1cncnc1. The molecule has 0 aromatic carbocycles. The maximum absolute atomic E-state index is 12.4. The van der Waals surface area contributed by atoms with Gasteiger partial charge in [0.2, 0.25) is 5.91 Å². The molecular formula is C17H19N5O. The third-order valence-electron chi connectivity index (χ3n) is 4.85. The van der Waals surface area contributed by atoms with Gasteiger partial charge in [0, 0.05) is 43.9 Å². The lowest BCUT2D eigenvalue weighted by molar-refractivity contribution is -0.117. The number of rotatable bonds is 3. The second-order valence-electron chi connectivity index (χ2n) is 6.57. The Morgan fingerprint density at radius 2 is 1.87 bits per heavy atom. The zero-order valence-electron chi connectivity index (χ0n) is 12.9. The first-order chi connectivity index (χ1) is 11.2.